The van der Waals surface area contributed by atoms with Crippen LogP contribution in [0.2, 0.25) is 0 Å². The minimum atomic E-state index is -1.04. The van der Waals surface area contributed by atoms with Crippen LogP contribution in [0.5, 0.6) is 11.5 Å². The quantitative estimate of drug-likeness (QED) is 0.0491. The van der Waals surface area contributed by atoms with Crippen molar-refractivity contribution in [3.63, 3.8) is 0 Å². The van der Waals surface area contributed by atoms with Gasteiger partial charge in [-0.1, -0.05) is 48.9 Å². The Balaban J connectivity index is 0.560. The molecule has 5 aliphatic carbocycles. The molecule has 406 valence electrons. The van der Waals surface area contributed by atoms with Gasteiger partial charge in [-0.25, -0.2) is 0 Å². The molecule has 4 aliphatic heterocycles. The third-order valence-corrected chi connectivity index (χ3v) is 19.0. The van der Waals surface area contributed by atoms with Gasteiger partial charge in [0.05, 0.1) is 28.6 Å². The van der Waals surface area contributed by atoms with E-state index < -0.39 is 23.2 Å². The predicted octanol–water partition coefficient (Wildman–Crippen LogP) is 4.21. The minimum Gasteiger partial charge on any atom is -0.504 e. The number of nitrogens with zero attached hydrogens (tertiary/aromatic N) is 4. The molecule has 18 nitrogen and oxygen atoms in total. The van der Waals surface area contributed by atoms with Crippen molar-refractivity contribution in [2.75, 3.05) is 71.4 Å². The van der Waals surface area contributed by atoms with Crippen LogP contribution in [0.1, 0.15) is 128 Å². The first-order chi connectivity index (χ1) is 35.8. The Hall–Kier alpha value is -4.08. The number of hydrogen-bond donors (Lipinski definition) is 7. The van der Waals surface area contributed by atoms with E-state index in [2.05, 4.69) is 55.6 Å². The number of phenolic OH excluding ortho intramolecular Hbond substituents is 1. The molecule has 0 aromatic heterocycles. The number of thioether (sulfide) groups is 2. The summed E-state index contributed by atoms with van der Waals surface area (Å²) in [5.74, 6) is 1.16. The van der Waals surface area contributed by atoms with Crippen LogP contribution < -0.4 is 31.3 Å². The fraction of sp³-hybridized carbons (Fsp3) is 0.741. The van der Waals surface area contributed by atoms with Crippen molar-refractivity contribution < 1.29 is 43.6 Å². The van der Waals surface area contributed by atoms with Crippen molar-refractivity contribution in [2.24, 2.45) is 21.8 Å². The molecule has 0 unspecified atom stereocenters. The van der Waals surface area contributed by atoms with Gasteiger partial charge in [-0.15, -0.1) is 0 Å². The lowest BCUT2D eigenvalue weighted by atomic mass is 9.48. The molecule has 10 rings (SSSR count). The number of nitrogens with one attached hydrogen (secondary N) is 5. The lowest BCUT2D eigenvalue weighted by Gasteiger charge is -2.64. The van der Waals surface area contributed by atoms with Crippen molar-refractivity contribution in [3.05, 3.63) is 34.4 Å². The number of ether oxygens (including phenoxy) is 3. The number of aliphatic imine (C=N–C) groups is 2. The summed E-state index contributed by atoms with van der Waals surface area (Å²) in [6, 6.07) is 3.95. The molecule has 1 saturated heterocycles. The van der Waals surface area contributed by atoms with E-state index in [9.17, 15) is 29.4 Å². The summed E-state index contributed by atoms with van der Waals surface area (Å²) in [4.78, 5) is 65.7. The number of phenols is 1. The molecule has 5 atom stereocenters. The molecule has 1 aromatic rings. The summed E-state index contributed by atoms with van der Waals surface area (Å²) in [6.45, 7) is 7.48. The maximum atomic E-state index is 13.2. The lowest BCUT2D eigenvalue weighted by Crippen LogP contribution is -2.78. The molecule has 20 heteroatoms. The fourth-order valence-electron chi connectivity index (χ4n) is 13.2. The standard InChI is InChI=1S/C54H79N9O9S2/c1-52(2)33-63-39(32-74-51(63)61-52)31-73-50(58-37-8-4-3-5-9-37)59-38-15-12-34(13-16-38)25-57-45(67)29-70-27-43(65)55-21-6-7-22-56-44(66)28-71-30-46(68)60-40-18-19-54(69)42-24-36-14-17-41(64)48-47(36)53(54,49(40)72-48)20-23-62(42)26-35-10-11-35/h14,17,32,34-35,37-38,40,42,49,64,69H,3-13,15-16,18-31,33H2,1-2H3,(H,55,65)(H,56,66)(H,57,67)(H,58,59)(H,60,68)/t34?,38?,40-,42-,49+,53+,54-/m1/s1. The van der Waals surface area contributed by atoms with Crippen LogP contribution in [0.4, 0.5) is 0 Å². The van der Waals surface area contributed by atoms with Crippen molar-refractivity contribution >= 4 is 57.5 Å². The van der Waals surface area contributed by atoms with E-state index in [4.69, 9.17) is 24.2 Å². The summed E-state index contributed by atoms with van der Waals surface area (Å²) in [7, 11) is 0. The average molecular weight is 1060 g/mol. The minimum absolute atomic E-state index is 0.0474. The summed E-state index contributed by atoms with van der Waals surface area (Å²) in [5.41, 5.74) is 1.50. The highest BCUT2D eigenvalue weighted by Gasteiger charge is 2.73. The third-order valence-electron chi connectivity index (χ3n) is 17.1. The summed E-state index contributed by atoms with van der Waals surface area (Å²) < 4.78 is 17.5. The molecule has 2 bridgehead atoms. The number of piperidine rings is 1. The van der Waals surface area contributed by atoms with Crippen LogP contribution in [0.15, 0.2) is 33.2 Å². The molecule has 1 aromatic carbocycles. The Morgan fingerprint density at radius 1 is 0.851 bits per heavy atom. The number of benzene rings is 1. The van der Waals surface area contributed by atoms with Crippen molar-refractivity contribution in [2.45, 2.75) is 170 Å². The summed E-state index contributed by atoms with van der Waals surface area (Å²) in [5, 5.41) is 43.5. The molecule has 4 heterocycles. The second-order valence-electron chi connectivity index (χ2n) is 23.1. The normalized spacial score (nSPS) is 29.9. The fourth-order valence-corrected chi connectivity index (χ4v) is 15.4. The number of hydrogen-bond acceptors (Lipinski definition) is 15. The van der Waals surface area contributed by atoms with Crippen molar-refractivity contribution in [1.82, 2.24) is 36.4 Å². The zero-order valence-corrected chi connectivity index (χ0v) is 45.1. The van der Waals surface area contributed by atoms with Gasteiger partial charge in [-0.05, 0) is 139 Å². The lowest BCUT2D eigenvalue weighted by molar-refractivity contribution is -0.192. The molecule has 0 radical (unpaired) electrons. The molecule has 9 aliphatic rings. The van der Waals surface area contributed by atoms with Crippen LogP contribution in [0, 0.1) is 11.8 Å². The van der Waals surface area contributed by atoms with Gasteiger partial charge in [-0.2, -0.15) is 0 Å². The number of fused-ring (bicyclic) bond motifs is 1. The first-order valence-corrected chi connectivity index (χ1v) is 29.6. The first kappa shape index (κ1) is 53.3. The van der Waals surface area contributed by atoms with Crippen LogP contribution in [0.3, 0.4) is 0 Å². The highest BCUT2D eigenvalue weighted by molar-refractivity contribution is 8.17. The number of amides is 4. The van der Waals surface area contributed by atoms with Crippen LogP contribution in [0.25, 0.3) is 0 Å². The second kappa shape index (κ2) is 23.3. The Bertz CT molecular complexity index is 2340. The van der Waals surface area contributed by atoms with Crippen LogP contribution in [-0.4, -0.2) is 167 Å². The largest absolute Gasteiger partial charge is 0.504 e. The second-order valence-corrected chi connectivity index (χ2v) is 24.9. The third kappa shape index (κ3) is 12.0. The first-order valence-electron chi connectivity index (χ1n) is 27.7. The number of unbranched alkanes of at least 4 members (excludes halogenated alkanes) is 1. The van der Waals surface area contributed by atoms with Gasteiger partial charge in [0.15, 0.2) is 21.8 Å². The zero-order valence-electron chi connectivity index (χ0n) is 43.4. The summed E-state index contributed by atoms with van der Waals surface area (Å²) in [6.07, 6.45) is 15.8. The number of likely N-dealkylation sites (tertiary alicyclic amines) is 1. The molecule has 7 N–H and O–H groups in total. The molecule has 4 amide bonds. The Morgan fingerprint density at radius 3 is 2.26 bits per heavy atom. The maximum Gasteiger partial charge on any atom is 0.246 e. The number of aliphatic hydroxyl groups is 1. The number of aromatic hydroxyl groups is 1. The van der Waals surface area contributed by atoms with E-state index in [1.165, 1.54) is 50.6 Å². The van der Waals surface area contributed by atoms with Crippen molar-refractivity contribution in [1.29, 1.82) is 0 Å². The highest BCUT2D eigenvalue weighted by Crippen LogP contribution is 2.65. The number of amidine groups is 2. The van der Waals surface area contributed by atoms with E-state index in [1.807, 2.05) is 17.8 Å². The van der Waals surface area contributed by atoms with E-state index in [0.29, 0.717) is 81.8 Å². The van der Waals surface area contributed by atoms with Crippen LogP contribution in [-0.2, 0) is 40.5 Å². The van der Waals surface area contributed by atoms with Gasteiger partial charge in [0.2, 0.25) is 23.6 Å². The molecule has 4 saturated carbocycles. The van der Waals surface area contributed by atoms with E-state index >= 15 is 0 Å². The highest BCUT2D eigenvalue weighted by atomic mass is 32.2. The van der Waals surface area contributed by atoms with Gasteiger partial charge in [0.1, 0.15) is 32.5 Å². The SMILES string of the molecule is CC1(C)CN2C(CSC(=NC3CCC(CNC(=O)COCC(=O)NCCCCNC(=O)COCC(=O)N[C@@H]4CC[C@@]5(O)[C@H]6Cc7ccc(O)c8c7[C@@]5(CCN6CC5CC5)[C@H]4O8)CC3)NC3CCCCC3)=CSC2=N1. The Kier molecular flexibility index (Phi) is 16.8. The Labute approximate surface area is 444 Å². The van der Waals surface area contributed by atoms with Gasteiger partial charge in [0.25, 0.3) is 0 Å². The van der Waals surface area contributed by atoms with Crippen LogP contribution >= 0.6 is 23.5 Å². The maximum absolute atomic E-state index is 13.2. The average Bonchev–Trinajstić information content (AvgIpc) is 3.98. The molecule has 74 heavy (non-hydrogen) atoms. The number of carbonyl (C=O) groups is 4. The van der Waals surface area contributed by atoms with Crippen molar-refractivity contribution in [3.8, 4) is 11.5 Å². The number of carbonyl (C=O) groups excluding carboxylic acids is 4. The molecule has 5 fully saturated rings. The van der Waals surface area contributed by atoms with E-state index in [1.54, 1.807) is 17.8 Å². The van der Waals surface area contributed by atoms with Gasteiger partial charge in [0, 0.05) is 61.8 Å². The topological polar surface area (TPSA) is 228 Å². The summed E-state index contributed by atoms with van der Waals surface area (Å²) >= 11 is 3.55. The molecule has 1 spiro atoms. The zero-order chi connectivity index (χ0) is 51.5. The van der Waals surface area contributed by atoms with Gasteiger partial charge < -0.3 is 55.9 Å². The monoisotopic (exact) mass is 1060 g/mol. The van der Waals surface area contributed by atoms with E-state index in [0.717, 1.165) is 72.5 Å². The number of rotatable bonds is 22. The molecular formula is C54H79N9O9S2. The van der Waals surface area contributed by atoms with E-state index in [-0.39, 0.29) is 73.4 Å². The predicted molar refractivity (Wildman–Crippen MR) is 286 cm³/mol. The smallest absolute Gasteiger partial charge is 0.246 e. The van der Waals surface area contributed by atoms with Gasteiger partial charge >= 0.3 is 0 Å². The Morgan fingerprint density at radius 2 is 1.54 bits per heavy atom. The molecular weight excluding hydrogens is 983 g/mol. The van der Waals surface area contributed by atoms with Gasteiger partial charge in [-0.3, -0.25) is 34.1 Å².